The van der Waals surface area contributed by atoms with Crippen molar-refractivity contribution in [2.24, 2.45) is 17.3 Å². The van der Waals surface area contributed by atoms with Gasteiger partial charge >= 0.3 is 6.18 Å². The van der Waals surface area contributed by atoms with E-state index < -0.39 is 11.6 Å². The standard InChI is InChI=1S/C31H25F3N3.C13H24O2.Ir/c1-16-9-17(2)11-19(10-16)26-14-24-23-13-20(15-30(4,5)31(32,33)34)36-25-8-6-7-21(27(23)25)22-12-18(3)35-29(37-26)28(22)24;1-5-10(6-2)12(14)9-13(15)11(7-3)8-4;/h6-10,12-14H,15H2,1-5H3;9-11,14H,5-8H2,1-4H3;/q-1;;/b;12-9-;. The molecule has 0 atom stereocenters. The number of benzene rings is 3. The maximum atomic E-state index is 13.8. The third-order valence-electron chi connectivity index (χ3n) is 10.3. The zero-order valence-corrected chi connectivity index (χ0v) is 34.4. The van der Waals surface area contributed by atoms with Gasteiger partial charge in [0.15, 0.2) is 11.4 Å². The van der Waals surface area contributed by atoms with Crippen LogP contribution in [0.5, 0.6) is 0 Å². The number of carbonyl (C=O) groups excluding carboxylic acids is 1. The molecule has 0 saturated heterocycles. The molecule has 0 bridgehead atoms. The predicted octanol–water partition coefficient (Wildman–Crippen LogP) is 12.3. The van der Waals surface area contributed by atoms with Gasteiger partial charge in [-0.1, -0.05) is 73.6 Å². The monoisotopic (exact) mass is 901 g/mol. The Balaban J connectivity index is 0.000000335. The summed E-state index contributed by atoms with van der Waals surface area (Å²) in [5, 5.41) is 15.4. The van der Waals surface area contributed by atoms with Crippen LogP contribution >= 0.6 is 0 Å². The number of carbonyl (C=O) groups is 1. The molecule has 0 saturated carbocycles. The molecule has 3 aromatic carbocycles. The molecule has 53 heavy (non-hydrogen) atoms. The van der Waals surface area contributed by atoms with Crippen molar-refractivity contribution >= 4 is 49.3 Å². The molecule has 0 aliphatic heterocycles. The number of hydrogen-bond donors (Lipinski definition) is 1. The average molecular weight is 901 g/mol. The van der Waals surface area contributed by atoms with Gasteiger partial charge in [-0.3, -0.25) is 14.8 Å². The van der Waals surface area contributed by atoms with Crippen LogP contribution in [0, 0.1) is 44.1 Å². The number of aliphatic hydroxyl groups excluding tert-OH is 1. The molecule has 6 aromatic rings. The Kier molecular flexibility index (Phi) is 13.1. The second kappa shape index (κ2) is 16.6. The molecule has 3 aromatic heterocycles. The molecule has 283 valence electrons. The van der Waals surface area contributed by atoms with E-state index in [1.165, 1.54) is 19.9 Å². The molecule has 0 aliphatic rings. The van der Waals surface area contributed by atoms with Crippen LogP contribution in [0.15, 0.2) is 60.4 Å². The smallest absolute Gasteiger partial charge is 0.394 e. The summed E-state index contributed by atoms with van der Waals surface area (Å²) in [6.07, 6.45) is 0.352. The van der Waals surface area contributed by atoms with E-state index in [1.807, 2.05) is 84.9 Å². The number of hydrogen-bond acceptors (Lipinski definition) is 5. The maximum absolute atomic E-state index is 13.8. The van der Waals surface area contributed by atoms with E-state index in [-0.39, 0.29) is 49.9 Å². The molecule has 0 fully saturated rings. The third-order valence-corrected chi connectivity index (χ3v) is 10.3. The minimum Gasteiger partial charge on any atom is -0.512 e. The van der Waals surface area contributed by atoms with Crippen LogP contribution in [0.4, 0.5) is 13.2 Å². The Morgan fingerprint density at radius 3 is 2.04 bits per heavy atom. The van der Waals surface area contributed by atoms with E-state index in [0.29, 0.717) is 16.9 Å². The van der Waals surface area contributed by atoms with E-state index in [0.717, 1.165) is 86.1 Å². The first-order valence-electron chi connectivity index (χ1n) is 18.3. The van der Waals surface area contributed by atoms with Gasteiger partial charge in [-0.2, -0.15) is 13.2 Å². The van der Waals surface area contributed by atoms with Gasteiger partial charge in [0.2, 0.25) is 0 Å². The number of halogens is 3. The summed E-state index contributed by atoms with van der Waals surface area (Å²) in [4.78, 5) is 26.1. The molecule has 0 amide bonds. The average Bonchev–Trinajstić information content (AvgIpc) is 3.06. The Bertz CT molecular complexity index is 2250. The van der Waals surface area contributed by atoms with Crippen molar-refractivity contribution in [1.29, 1.82) is 0 Å². The fourth-order valence-electron chi connectivity index (χ4n) is 7.16. The summed E-state index contributed by atoms with van der Waals surface area (Å²) in [6.45, 7) is 16.5. The second-order valence-electron chi connectivity index (χ2n) is 14.7. The maximum Gasteiger partial charge on any atom is 0.394 e. The van der Waals surface area contributed by atoms with Gasteiger partial charge in [-0.15, -0.1) is 34.9 Å². The first kappa shape index (κ1) is 41.8. The molecular formula is C44H49F3IrN3O2-. The minimum absolute atomic E-state index is 0. The Morgan fingerprint density at radius 2 is 1.43 bits per heavy atom. The molecule has 1 N–H and O–H groups in total. The zero-order chi connectivity index (χ0) is 38.1. The number of aliphatic hydroxyl groups is 1. The van der Waals surface area contributed by atoms with Gasteiger partial charge in [0, 0.05) is 66.6 Å². The Hall–Kier alpha value is -3.94. The van der Waals surface area contributed by atoms with Gasteiger partial charge in [0.1, 0.15) is 0 Å². The summed E-state index contributed by atoms with van der Waals surface area (Å²) in [5.74, 6) is 0.547. The topological polar surface area (TPSA) is 76.0 Å². The number of aryl methyl sites for hydroxylation is 3. The third kappa shape index (κ3) is 8.73. The minimum atomic E-state index is -4.34. The van der Waals surface area contributed by atoms with E-state index in [1.54, 1.807) is 0 Å². The van der Waals surface area contributed by atoms with Crippen LogP contribution in [-0.2, 0) is 31.3 Å². The zero-order valence-electron chi connectivity index (χ0n) is 32.1. The number of aromatic nitrogens is 3. The number of pyridine rings is 3. The van der Waals surface area contributed by atoms with Crippen molar-refractivity contribution in [2.45, 2.75) is 101 Å². The number of alkyl halides is 3. The van der Waals surface area contributed by atoms with Crippen molar-refractivity contribution in [1.82, 2.24) is 15.0 Å². The Labute approximate surface area is 324 Å². The van der Waals surface area contributed by atoms with Gasteiger partial charge in [-0.05, 0) is 78.0 Å². The van der Waals surface area contributed by atoms with Crippen LogP contribution in [0.25, 0.3) is 54.7 Å². The quantitative estimate of drug-likeness (QED) is 0.0487. The SMILES string of the molecule is CCC(CC)C(=O)/C=C(\O)C(CC)CC.Cc1[c-]c(-c2cc3c4cc(CC(C)(C)C(F)(F)F)nc5cccc(c6cc(C)nc(n2)c63)c54)cc(C)c1.[Ir]. The molecule has 0 aliphatic carbocycles. The fraction of sp³-hybridized carbons (Fsp3) is 0.409. The molecule has 9 heteroatoms. The first-order valence-corrected chi connectivity index (χ1v) is 18.3. The summed E-state index contributed by atoms with van der Waals surface area (Å²) >= 11 is 0. The number of nitrogens with zero attached hydrogens (tertiary/aromatic N) is 3. The number of ketones is 1. The van der Waals surface area contributed by atoms with Crippen LogP contribution < -0.4 is 0 Å². The molecule has 1 radical (unpaired) electrons. The summed E-state index contributed by atoms with van der Waals surface area (Å²) < 4.78 is 41.3. The predicted molar refractivity (Wildman–Crippen MR) is 207 cm³/mol. The van der Waals surface area contributed by atoms with Crippen molar-refractivity contribution in [3.8, 4) is 11.3 Å². The summed E-state index contributed by atoms with van der Waals surface area (Å²) in [5.41, 5.74) is 4.37. The van der Waals surface area contributed by atoms with Gasteiger partial charge in [0.05, 0.1) is 16.7 Å². The van der Waals surface area contributed by atoms with Crippen molar-refractivity contribution < 1.29 is 43.2 Å². The van der Waals surface area contributed by atoms with Crippen LogP contribution in [0.2, 0.25) is 0 Å². The van der Waals surface area contributed by atoms with E-state index >= 15 is 0 Å². The number of rotatable bonds is 10. The van der Waals surface area contributed by atoms with Crippen LogP contribution in [0.3, 0.4) is 0 Å². The van der Waals surface area contributed by atoms with E-state index in [9.17, 15) is 23.1 Å². The number of allylic oxidation sites excluding steroid dienone is 2. The van der Waals surface area contributed by atoms with E-state index in [2.05, 4.69) is 18.2 Å². The molecule has 5 nitrogen and oxygen atoms in total. The Morgan fingerprint density at radius 1 is 0.811 bits per heavy atom. The normalized spacial score (nSPS) is 12.6. The molecule has 0 unspecified atom stereocenters. The van der Waals surface area contributed by atoms with Gasteiger partial charge in [0.25, 0.3) is 0 Å². The van der Waals surface area contributed by atoms with Crippen molar-refractivity contribution in [3.63, 3.8) is 0 Å². The molecule has 3 heterocycles. The second-order valence-corrected chi connectivity index (χ2v) is 14.7. The van der Waals surface area contributed by atoms with Crippen LogP contribution in [0.1, 0.15) is 89.7 Å². The first-order chi connectivity index (χ1) is 24.5. The van der Waals surface area contributed by atoms with E-state index in [4.69, 9.17) is 15.0 Å². The molecule has 0 spiro atoms. The fourth-order valence-corrected chi connectivity index (χ4v) is 7.16. The summed E-state index contributed by atoms with van der Waals surface area (Å²) in [6, 6.07) is 19.2. The van der Waals surface area contributed by atoms with Gasteiger partial charge in [-0.25, -0.2) is 4.98 Å². The van der Waals surface area contributed by atoms with Gasteiger partial charge < -0.3 is 5.11 Å². The largest absolute Gasteiger partial charge is 0.512 e. The molecular weight excluding hydrogens is 852 g/mol. The van der Waals surface area contributed by atoms with Crippen molar-refractivity contribution in [3.05, 3.63) is 88.9 Å². The van der Waals surface area contributed by atoms with Crippen molar-refractivity contribution in [2.75, 3.05) is 0 Å². The summed E-state index contributed by atoms with van der Waals surface area (Å²) in [7, 11) is 0. The number of fused-ring (bicyclic) bond motifs is 2. The molecule has 6 rings (SSSR count). The van der Waals surface area contributed by atoms with Crippen LogP contribution in [-0.4, -0.2) is 32.0 Å².